The van der Waals surface area contributed by atoms with Crippen molar-refractivity contribution in [2.24, 2.45) is 0 Å². The highest BCUT2D eigenvalue weighted by molar-refractivity contribution is 6.24. The molecule has 1 heterocycles. The fourth-order valence-corrected chi connectivity index (χ4v) is 4.18. The van der Waals surface area contributed by atoms with Gasteiger partial charge in [0.2, 0.25) is 0 Å². The van der Waals surface area contributed by atoms with E-state index in [4.69, 9.17) is 16.3 Å². The van der Waals surface area contributed by atoms with Crippen LogP contribution in [0.1, 0.15) is 43.7 Å². The quantitative estimate of drug-likeness (QED) is 0.680. The monoisotopic (exact) mass is 372 g/mol. The molecule has 0 spiro atoms. The molecule has 2 aromatic carbocycles. The lowest BCUT2D eigenvalue weighted by Crippen LogP contribution is -2.48. The largest absolute Gasteiger partial charge is 0.392 e. The molecule has 0 radical (unpaired) electrons. The lowest BCUT2D eigenvalue weighted by Gasteiger charge is -2.42. The summed E-state index contributed by atoms with van der Waals surface area (Å²) in [6, 6.07) is 21.0. The first-order valence-corrected chi connectivity index (χ1v) is 10.0. The predicted octanol–water partition coefficient (Wildman–Crippen LogP) is 5.16. The van der Waals surface area contributed by atoms with Crippen molar-refractivity contribution >= 4 is 11.6 Å². The van der Waals surface area contributed by atoms with Gasteiger partial charge in [0.15, 0.2) is 0 Å². The maximum absolute atomic E-state index is 10.3. The second-order valence-corrected chi connectivity index (χ2v) is 8.30. The molecule has 4 atom stereocenters. The Bertz CT molecular complexity index is 605. The van der Waals surface area contributed by atoms with Crippen molar-refractivity contribution in [2.45, 2.75) is 68.6 Å². The van der Waals surface area contributed by atoms with E-state index in [1.54, 1.807) is 6.92 Å². The third-order valence-electron chi connectivity index (χ3n) is 5.46. The zero-order chi connectivity index (χ0) is 18.4. The number of hydrogen-bond acceptors (Lipinski definition) is 2. The van der Waals surface area contributed by atoms with Crippen LogP contribution in [-0.2, 0) is 17.6 Å². The average molecular weight is 373 g/mol. The van der Waals surface area contributed by atoms with Crippen LogP contribution in [0.5, 0.6) is 0 Å². The highest BCUT2D eigenvalue weighted by Crippen LogP contribution is 2.40. The van der Waals surface area contributed by atoms with Gasteiger partial charge in [0.1, 0.15) is 0 Å². The van der Waals surface area contributed by atoms with Crippen LogP contribution in [0.2, 0.25) is 0 Å². The second-order valence-electron chi connectivity index (χ2n) is 7.55. The molecule has 26 heavy (non-hydrogen) atoms. The molecular weight excluding hydrogens is 344 g/mol. The van der Waals surface area contributed by atoms with E-state index in [0.717, 1.165) is 25.7 Å². The van der Waals surface area contributed by atoms with E-state index in [-0.39, 0.29) is 12.2 Å². The molecule has 0 aromatic heterocycles. The molecule has 2 aromatic rings. The Kier molecular flexibility index (Phi) is 6.74. The van der Waals surface area contributed by atoms with Crippen LogP contribution in [0.3, 0.4) is 0 Å². The van der Waals surface area contributed by atoms with Gasteiger partial charge in [-0.05, 0) is 56.6 Å². The summed E-state index contributed by atoms with van der Waals surface area (Å²) in [5, 5.41) is 10.3. The van der Waals surface area contributed by atoms with Crippen LogP contribution in [0.15, 0.2) is 60.7 Å². The van der Waals surface area contributed by atoms with E-state index >= 15 is 0 Å². The molecule has 0 bridgehead atoms. The summed E-state index contributed by atoms with van der Waals surface area (Å²) in [6.07, 6.45) is 4.90. The number of aryl methyl sites for hydroxylation is 2. The predicted molar refractivity (Wildman–Crippen MR) is 108 cm³/mol. The molecule has 1 saturated heterocycles. The van der Waals surface area contributed by atoms with Crippen LogP contribution < -0.4 is 0 Å². The Morgan fingerprint density at radius 1 is 0.923 bits per heavy atom. The number of rotatable bonds is 7. The normalized spacial score (nSPS) is 27.2. The molecule has 140 valence electrons. The second kappa shape index (κ2) is 9.03. The molecule has 0 amide bonds. The van der Waals surface area contributed by atoms with Crippen LogP contribution >= 0.6 is 11.6 Å². The molecule has 2 nitrogen and oxygen atoms in total. The van der Waals surface area contributed by atoms with Crippen molar-refractivity contribution in [2.75, 3.05) is 0 Å². The first kappa shape index (κ1) is 19.4. The fourth-order valence-electron chi connectivity index (χ4n) is 3.83. The van der Waals surface area contributed by atoms with Crippen molar-refractivity contribution < 1.29 is 9.84 Å². The number of halogens is 1. The lowest BCUT2D eigenvalue weighted by atomic mass is 9.83. The van der Waals surface area contributed by atoms with E-state index < -0.39 is 11.0 Å². The minimum Gasteiger partial charge on any atom is -0.392 e. The Hall–Kier alpha value is -1.35. The van der Waals surface area contributed by atoms with Gasteiger partial charge >= 0.3 is 0 Å². The summed E-state index contributed by atoms with van der Waals surface area (Å²) < 4.78 is 6.38. The number of ether oxygens (including phenoxy) is 1. The van der Waals surface area contributed by atoms with Gasteiger partial charge in [0.25, 0.3) is 0 Å². The van der Waals surface area contributed by atoms with Gasteiger partial charge in [-0.25, -0.2) is 0 Å². The van der Waals surface area contributed by atoms with E-state index in [1.165, 1.54) is 11.1 Å². The van der Waals surface area contributed by atoms with Gasteiger partial charge < -0.3 is 9.84 Å². The fraction of sp³-hybridized carbons (Fsp3) is 0.478. The number of hydrogen-bond donors (Lipinski definition) is 1. The molecule has 1 aliphatic rings. The third kappa shape index (κ3) is 5.33. The summed E-state index contributed by atoms with van der Waals surface area (Å²) >= 11 is 6.83. The van der Waals surface area contributed by atoms with Gasteiger partial charge in [0.05, 0.1) is 23.2 Å². The lowest BCUT2D eigenvalue weighted by molar-refractivity contribution is -0.0871. The maximum atomic E-state index is 10.3. The van der Waals surface area contributed by atoms with Crippen LogP contribution in [-0.4, -0.2) is 28.3 Å². The summed E-state index contributed by atoms with van der Waals surface area (Å²) in [5.41, 5.74) is 2.64. The minimum atomic E-state index is -0.582. The van der Waals surface area contributed by atoms with Gasteiger partial charge in [-0.2, -0.15) is 0 Å². The molecule has 0 saturated carbocycles. The van der Waals surface area contributed by atoms with Crippen molar-refractivity contribution in [3.05, 3.63) is 71.8 Å². The summed E-state index contributed by atoms with van der Waals surface area (Å²) in [4.78, 5) is -0.582. The Morgan fingerprint density at radius 3 is 1.73 bits per heavy atom. The van der Waals surface area contributed by atoms with Crippen LogP contribution in [0.25, 0.3) is 0 Å². The molecule has 1 N–H and O–H groups in total. The Morgan fingerprint density at radius 2 is 1.35 bits per heavy atom. The minimum absolute atomic E-state index is 0.0943. The molecule has 0 aliphatic carbocycles. The average Bonchev–Trinajstić information content (AvgIpc) is 2.66. The topological polar surface area (TPSA) is 29.5 Å². The van der Waals surface area contributed by atoms with Crippen molar-refractivity contribution in [1.29, 1.82) is 0 Å². The smallest absolute Gasteiger partial charge is 0.0751 e. The summed E-state index contributed by atoms with van der Waals surface area (Å²) in [5.74, 6) is 0. The number of alkyl halides is 1. The molecule has 1 aliphatic heterocycles. The van der Waals surface area contributed by atoms with Crippen molar-refractivity contribution in [1.82, 2.24) is 0 Å². The van der Waals surface area contributed by atoms with E-state index in [1.807, 2.05) is 12.1 Å². The highest BCUT2D eigenvalue weighted by Gasteiger charge is 2.42. The summed E-state index contributed by atoms with van der Waals surface area (Å²) in [6.45, 7) is 1.81. The molecule has 3 rings (SSSR count). The van der Waals surface area contributed by atoms with Crippen LogP contribution in [0, 0.1) is 0 Å². The van der Waals surface area contributed by atoms with E-state index in [2.05, 4.69) is 48.5 Å². The van der Waals surface area contributed by atoms with Gasteiger partial charge in [-0.3, -0.25) is 0 Å². The van der Waals surface area contributed by atoms with Crippen molar-refractivity contribution in [3.63, 3.8) is 0 Å². The molecule has 3 heteroatoms. The van der Waals surface area contributed by atoms with E-state index in [9.17, 15) is 5.11 Å². The number of aliphatic hydroxyl groups is 1. The zero-order valence-corrected chi connectivity index (χ0v) is 16.2. The molecule has 2 unspecified atom stereocenters. The van der Waals surface area contributed by atoms with Gasteiger partial charge in [-0.15, -0.1) is 11.6 Å². The van der Waals surface area contributed by atoms with Crippen molar-refractivity contribution in [3.8, 4) is 0 Å². The summed E-state index contributed by atoms with van der Waals surface area (Å²) in [7, 11) is 0. The molecular formula is C23H29ClO2. The van der Waals surface area contributed by atoms with Crippen LogP contribution in [0.4, 0.5) is 0 Å². The Balaban J connectivity index is 1.61. The molecule has 1 fully saturated rings. The zero-order valence-electron chi connectivity index (χ0n) is 15.5. The standard InChI is InChI=1S/C23H29ClO2/c1-18(25)23(24)16-21(14-12-19-8-4-2-5-9-19)26-22(17-23)15-13-20-10-6-3-7-11-20/h2-11,18,21-22,25H,12-17H2,1H3/t18?,21-,22+,23?. The first-order valence-electron chi connectivity index (χ1n) is 9.65. The maximum Gasteiger partial charge on any atom is 0.0751 e. The third-order valence-corrected chi connectivity index (χ3v) is 6.09. The number of aliphatic hydroxyl groups excluding tert-OH is 1. The van der Waals surface area contributed by atoms with Gasteiger partial charge in [-0.1, -0.05) is 60.7 Å². The first-order chi connectivity index (χ1) is 12.5. The SMILES string of the molecule is CC(O)C1(Cl)C[C@@H](CCc2ccccc2)O[C@@H](CCc2ccccc2)C1. The number of benzene rings is 2. The van der Waals surface area contributed by atoms with E-state index in [0.29, 0.717) is 12.8 Å². The van der Waals surface area contributed by atoms with Gasteiger partial charge in [0, 0.05) is 0 Å². The Labute approximate surface area is 162 Å². The highest BCUT2D eigenvalue weighted by atomic mass is 35.5.